The van der Waals surface area contributed by atoms with Crippen molar-refractivity contribution in [1.29, 1.82) is 0 Å². The maximum Gasteiger partial charge on any atom is 0.124 e. The number of hydrogen-bond acceptors (Lipinski definition) is 4. The average molecular weight is 273 g/mol. The molecule has 2 aromatic rings. The molecule has 1 unspecified atom stereocenters. The van der Waals surface area contributed by atoms with Gasteiger partial charge in [-0.15, -0.1) is 0 Å². The number of ether oxygens (including phenoxy) is 1. The van der Waals surface area contributed by atoms with Gasteiger partial charge < -0.3 is 20.7 Å². The second-order valence-electron chi connectivity index (χ2n) is 4.73. The van der Waals surface area contributed by atoms with Crippen LogP contribution in [0.2, 0.25) is 0 Å². The standard InChI is InChI=1S/C16H19NO3/c17-16(11-19,14-7-2-1-3-8-14)12-20-15-9-5-4-6-13(15)10-18/h1-9,18-19H,10-12,17H2. The van der Waals surface area contributed by atoms with Gasteiger partial charge in [-0.3, -0.25) is 0 Å². The predicted molar refractivity (Wildman–Crippen MR) is 77.3 cm³/mol. The molecule has 0 aromatic heterocycles. The third-order valence-corrected chi connectivity index (χ3v) is 3.26. The molecule has 106 valence electrons. The molecule has 4 nitrogen and oxygen atoms in total. The van der Waals surface area contributed by atoms with Gasteiger partial charge in [-0.2, -0.15) is 0 Å². The molecule has 1 atom stereocenters. The van der Waals surface area contributed by atoms with Gasteiger partial charge in [-0.05, 0) is 11.6 Å². The molecule has 0 saturated carbocycles. The van der Waals surface area contributed by atoms with Crippen LogP contribution in [0.5, 0.6) is 5.75 Å². The Bertz CT molecular complexity index is 544. The highest BCUT2D eigenvalue weighted by atomic mass is 16.5. The lowest BCUT2D eigenvalue weighted by Gasteiger charge is -2.28. The van der Waals surface area contributed by atoms with Crippen LogP contribution in [0.15, 0.2) is 54.6 Å². The predicted octanol–water partition coefficient (Wildman–Crippen LogP) is 1.40. The van der Waals surface area contributed by atoms with Gasteiger partial charge in [0.1, 0.15) is 12.4 Å². The summed E-state index contributed by atoms with van der Waals surface area (Å²) in [6, 6.07) is 16.6. The highest BCUT2D eigenvalue weighted by Gasteiger charge is 2.27. The Balaban J connectivity index is 2.15. The van der Waals surface area contributed by atoms with Gasteiger partial charge in [-0.1, -0.05) is 48.5 Å². The van der Waals surface area contributed by atoms with Crippen molar-refractivity contribution in [3.05, 3.63) is 65.7 Å². The van der Waals surface area contributed by atoms with E-state index in [4.69, 9.17) is 10.5 Å². The number of aliphatic hydroxyl groups is 2. The third-order valence-electron chi connectivity index (χ3n) is 3.26. The number of benzene rings is 2. The molecule has 0 fully saturated rings. The molecular formula is C16H19NO3. The molecule has 2 rings (SSSR count). The SMILES string of the molecule is NC(CO)(COc1ccccc1CO)c1ccccc1. The molecule has 0 spiro atoms. The first kappa shape index (κ1) is 14.5. The lowest BCUT2D eigenvalue weighted by molar-refractivity contribution is 0.131. The number of aliphatic hydroxyl groups excluding tert-OH is 2. The topological polar surface area (TPSA) is 75.7 Å². The average Bonchev–Trinajstić information content (AvgIpc) is 2.53. The minimum Gasteiger partial charge on any atom is -0.491 e. The lowest BCUT2D eigenvalue weighted by atomic mass is 9.93. The van der Waals surface area contributed by atoms with Gasteiger partial charge in [0.25, 0.3) is 0 Å². The first-order valence-electron chi connectivity index (χ1n) is 6.46. The first-order valence-corrected chi connectivity index (χ1v) is 6.46. The van der Waals surface area contributed by atoms with E-state index in [0.29, 0.717) is 11.3 Å². The van der Waals surface area contributed by atoms with E-state index in [1.165, 1.54) is 0 Å². The quantitative estimate of drug-likeness (QED) is 0.743. The Morgan fingerprint density at radius 3 is 2.25 bits per heavy atom. The van der Waals surface area contributed by atoms with Crippen molar-refractivity contribution < 1.29 is 14.9 Å². The number of rotatable bonds is 6. The van der Waals surface area contributed by atoms with Crippen LogP contribution in [-0.4, -0.2) is 23.4 Å². The summed E-state index contributed by atoms with van der Waals surface area (Å²) in [7, 11) is 0. The second-order valence-corrected chi connectivity index (χ2v) is 4.73. The van der Waals surface area contributed by atoms with Crippen molar-refractivity contribution in [3.63, 3.8) is 0 Å². The van der Waals surface area contributed by atoms with Crippen LogP contribution >= 0.6 is 0 Å². The van der Waals surface area contributed by atoms with Gasteiger partial charge in [0.05, 0.1) is 18.8 Å². The fourth-order valence-electron chi connectivity index (χ4n) is 1.97. The molecule has 4 heteroatoms. The Kier molecular flexibility index (Phi) is 4.74. The highest BCUT2D eigenvalue weighted by Crippen LogP contribution is 2.22. The summed E-state index contributed by atoms with van der Waals surface area (Å²) < 4.78 is 5.69. The van der Waals surface area contributed by atoms with Gasteiger partial charge in [-0.25, -0.2) is 0 Å². The van der Waals surface area contributed by atoms with E-state index in [1.807, 2.05) is 42.5 Å². The van der Waals surface area contributed by atoms with Crippen LogP contribution in [0.4, 0.5) is 0 Å². The van der Waals surface area contributed by atoms with Gasteiger partial charge in [0, 0.05) is 5.56 Å². The molecule has 0 heterocycles. The smallest absolute Gasteiger partial charge is 0.124 e. The molecule has 0 amide bonds. The third kappa shape index (κ3) is 3.17. The largest absolute Gasteiger partial charge is 0.491 e. The monoisotopic (exact) mass is 273 g/mol. The van der Waals surface area contributed by atoms with Crippen LogP contribution in [0.3, 0.4) is 0 Å². The minimum absolute atomic E-state index is 0.0990. The summed E-state index contributed by atoms with van der Waals surface area (Å²) in [6.45, 7) is -0.193. The Hall–Kier alpha value is -1.88. The second kappa shape index (κ2) is 6.52. The van der Waals surface area contributed by atoms with E-state index < -0.39 is 5.54 Å². The summed E-state index contributed by atoms with van der Waals surface area (Å²) in [6.07, 6.45) is 0. The summed E-state index contributed by atoms with van der Waals surface area (Å²) >= 11 is 0. The molecule has 0 aliphatic carbocycles. The van der Waals surface area contributed by atoms with Gasteiger partial charge in [0.2, 0.25) is 0 Å². The molecule has 20 heavy (non-hydrogen) atoms. The van der Waals surface area contributed by atoms with Crippen molar-refractivity contribution in [1.82, 2.24) is 0 Å². The molecule has 0 saturated heterocycles. The summed E-state index contributed by atoms with van der Waals surface area (Å²) in [5.41, 5.74) is 6.76. The van der Waals surface area contributed by atoms with Crippen molar-refractivity contribution in [2.24, 2.45) is 5.73 Å². The van der Waals surface area contributed by atoms with Gasteiger partial charge >= 0.3 is 0 Å². The zero-order valence-electron chi connectivity index (χ0n) is 11.2. The van der Waals surface area contributed by atoms with Crippen LogP contribution in [0, 0.1) is 0 Å². The zero-order chi connectivity index (χ0) is 14.4. The van der Waals surface area contributed by atoms with E-state index in [-0.39, 0.29) is 19.8 Å². The van der Waals surface area contributed by atoms with Crippen LogP contribution in [-0.2, 0) is 12.1 Å². The lowest BCUT2D eigenvalue weighted by Crippen LogP contribution is -2.46. The summed E-state index contributed by atoms with van der Waals surface area (Å²) in [5.74, 6) is 0.578. The Labute approximate surface area is 118 Å². The number of para-hydroxylation sites is 1. The van der Waals surface area contributed by atoms with Gasteiger partial charge in [0.15, 0.2) is 0 Å². The normalized spacial score (nSPS) is 13.8. The molecule has 2 aromatic carbocycles. The molecule has 0 bridgehead atoms. The van der Waals surface area contributed by atoms with E-state index in [2.05, 4.69) is 0 Å². The maximum absolute atomic E-state index is 9.59. The number of hydrogen-bond donors (Lipinski definition) is 3. The molecule has 0 radical (unpaired) electrons. The fraction of sp³-hybridized carbons (Fsp3) is 0.250. The van der Waals surface area contributed by atoms with E-state index in [9.17, 15) is 10.2 Å². The van der Waals surface area contributed by atoms with Crippen molar-refractivity contribution >= 4 is 0 Å². The summed E-state index contributed by atoms with van der Waals surface area (Å²) in [5, 5.41) is 18.9. The van der Waals surface area contributed by atoms with Crippen LogP contribution in [0.1, 0.15) is 11.1 Å². The van der Waals surface area contributed by atoms with Crippen molar-refractivity contribution in [2.45, 2.75) is 12.1 Å². The van der Waals surface area contributed by atoms with Crippen LogP contribution < -0.4 is 10.5 Å². The summed E-state index contributed by atoms with van der Waals surface area (Å²) in [4.78, 5) is 0. The molecule has 0 aliphatic heterocycles. The van der Waals surface area contributed by atoms with Crippen LogP contribution in [0.25, 0.3) is 0 Å². The maximum atomic E-state index is 9.59. The van der Waals surface area contributed by atoms with Crippen molar-refractivity contribution in [3.8, 4) is 5.75 Å². The first-order chi connectivity index (χ1) is 9.69. The Morgan fingerprint density at radius 1 is 0.950 bits per heavy atom. The zero-order valence-corrected chi connectivity index (χ0v) is 11.2. The number of nitrogens with two attached hydrogens (primary N) is 1. The van der Waals surface area contributed by atoms with Crippen molar-refractivity contribution in [2.75, 3.05) is 13.2 Å². The fourth-order valence-corrected chi connectivity index (χ4v) is 1.97. The molecular weight excluding hydrogens is 254 g/mol. The van der Waals surface area contributed by atoms with E-state index >= 15 is 0 Å². The molecule has 0 aliphatic rings. The molecule has 4 N–H and O–H groups in total. The Morgan fingerprint density at radius 2 is 1.60 bits per heavy atom. The van der Waals surface area contributed by atoms with E-state index in [1.54, 1.807) is 12.1 Å². The van der Waals surface area contributed by atoms with E-state index in [0.717, 1.165) is 5.56 Å². The highest BCUT2D eigenvalue weighted by molar-refractivity contribution is 5.33. The minimum atomic E-state index is -0.968.